The predicted molar refractivity (Wildman–Crippen MR) is 84.5 cm³/mol. The van der Waals surface area contributed by atoms with E-state index < -0.39 is 10.0 Å². The Morgan fingerprint density at radius 3 is 2.35 bits per heavy atom. The van der Waals surface area contributed by atoms with Crippen molar-refractivity contribution in [3.05, 3.63) is 24.3 Å². The summed E-state index contributed by atoms with van der Waals surface area (Å²) in [5, 5.41) is 0. The number of sulfonamides is 1. The van der Waals surface area contributed by atoms with Gasteiger partial charge in [0.2, 0.25) is 15.9 Å². The minimum absolute atomic E-state index is 0.217. The normalized spacial score (nSPS) is 17.1. The summed E-state index contributed by atoms with van der Waals surface area (Å²) in [6.45, 7) is 1.49. The summed E-state index contributed by atoms with van der Waals surface area (Å²) in [7, 11) is -1.97. The second-order valence-electron chi connectivity index (χ2n) is 5.39. The van der Waals surface area contributed by atoms with E-state index in [1.54, 1.807) is 19.2 Å². The Balaban J connectivity index is 2.01. The number of hydrogen-bond donors (Lipinski definition) is 1. The van der Waals surface area contributed by atoms with Crippen LogP contribution in [0.25, 0.3) is 0 Å². The molecule has 23 heavy (non-hydrogen) atoms. The van der Waals surface area contributed by atoms with Gasteiger partial charge in [-0.15, -0.1) is 0 Å². The first-order valence-electron chi connectivity index (χ1n) is 7.46. The van der Waals surface area contributed by atoms with Gasteiger partial charge in [0, 0.05) is 26.1 Å². The van der Waals surface area contributed by atoms with E-state index in [0.29, 0.717) is 44.9 Å². The highest BCUT2D eigenvalue weighted by atomic mass is 32.2. The van der Waals surface area contributed by atoms with Crippen molar-refractivity contribution < 1.29 is 22.7 Å². The van der Waals surface area contributed by atoms with Gasteiger partial charge < -0.3 is 15.2 Å². The molecular formula is C15H22N2O5S. The zero-order valence-electron chi connectivity index (χ0n) is 13.1. The molecule has 1 saturated heterocycles. The van der Waals surface area contributed by atoms with Gasteiger partial charge in [0.25, 0.3) is 0 Å². The van der Waals surface area contributed by atoms with Gasteiger partial charge in [0.05, 0.1) is 11.5 Å². The Morgan fingerprint density at radius 2 is 1.83 bits per heavy atom. The molecule has 1 aliphatic heterocycles. The lowest BCUT2D eigenvalue weighted by Gasteiger charge is -2.29. The number of benzene rings is 1. The highest BCUT2D eigenvalue weighted by Crippen LogP contribution is 2.25. The first kappa shape index (κ1) is 17.7. The molecule has 0 atom stereocenters. The van der Waals surface area contributed by atoms with Crippen LogP contribution in [-0.4, -0.2) is 52.0 Å². The smallest absolute Gasteiger partial charge is 0.243 e. The fourth-order valence-corrected chi connectivity index (χ4v) is 3.95. The Bertz CT molecular complexity index is 622. The molecular weight excluding hydrogens is 320 g/mol. The van der Waals surface area contributed by atoms with Crippen LogP contribution in [0.1, 0.15) is 12.8 Å². The number of carbonyl (C=O) groups excluding carboxylic acids is 1. The summed E-state index contributed by atoms with van der Waals surface area (Å²) in [5.74, 6) is -0.00828. The van der Waals surface area contributed by atoms with E-state index in [0.717, 1.165) is 0 Å². The number of piperidine rings is 1. The van der Waals surface area contributed by atoms with E-state index >= 15 is 0 Å². The molecule has 0 spiro atoms. The molecule has 0 aromatic heterocycles. The van der Waals surface area contributed by atoms with Crippen molar-refractivity contribution in [2.24, 2.45) is 11.7 Å². The van der Waals surface area contributed by atoms with Crippen molar-refractivity contribution in [1.29, 1.82) is 0 Å². The highest BCUT2D eigenvalue weighted by Gasteiger charge is 2.31. The van der Waals surface area contributed by atoms with Gasteiger partial charge in [-0.05, 0) is 37.1 Å². The molecule has 7 nitrogen and oxygen atoms in total. The number of amides is 1. The molecule has 1 amide bonds. The van der Waals surface area contributed by atoms with Gasteiger partial charge in [-0.25, -0.2) is 8.42 Å². The minimum atomic E-state index is -3.55. The number of nitrogens with two attached hydrogens (primary N) is 1. The van der Waals surface area contributed by atoms with E-state index in [1.807, 2.05) is 0 Å². The molecule has 1 aromatic carbocycles. The maximum absolute atomic E-state index is 12.6. The number of methoxy groups -OCH3 is 1. The number of hydrogen-bond acceptors (Lipinski definition) is 5. The molecule has 2 rings (SSSR count). The van der Waals surface area contributed by atoms with Gasteiger partial charge in [-0.1, -0.05) is 0 Å². The first-order valence-corrected chi connectivity index (χ1v) is 8.90. The minimum Gasteiger partial charge on any atom is -0.491 e. The van der Waals surface area contributed by atoms with Crippen LogP contribution in [0.3, 0.4) is 0 Å². The molecule has 1 heterocycles. The topological polar surface area (TPSA) is 98.9 Å². The van der Waals surface area contributed by atoms with Crippen molar-refractivity contribution >= 4 is 15.9 Å². The maximum atomic E-state index is 12.6. The van der Waals surface area contributed by atoms with E-state index in [1.165, 1.54) is 16.4 Å². The third kappa shape index (κ3) is 4.43. The molecule has 1 aromatic rings. The summed E-state index contributed by atoms with van der Waals surface area (Å²) in [6.07, 6.45) is 0.930. The third-order valence-electron chi connectivity index (χ3n) is 3.87. The van der Waals surface area contributed by atoms with Crippen LogP contribution < -0.4 is 10.5 Å². The average molecular weight is 342 g/mol. The molecule has 0 radical (unpaired) electrons. The van der Waals surface area contributed by atoms with Gasteiger partial charge in [0.1, 0.15) is 12.4 Å². The predicted octanol–water partition coefficient (Wildman–Crippen LogP) is 0.598. The molecule has 1 fully saturated rings. The zero-order valence-corrected chi connectivity index (χ0v) is 13.9. The zero-order chi connectivity index (χ0) is 16.9. The molecule has 8 heteroatoms. The fourth-order valence-electron chi connectivity index (χ4n) is 2.48. The summed E-state index contributed by atoms with van der Waals surface area (Å²) in [6, 6.07) is 6.30. The second-order valence-corrected chi connectivity index (χ2v) is 7.33. The summed E-state index contributed by atoms with van der Waals surface area (Å²) in [4.78, 5) is 11.4. The van der Waals surface area contributed by atoms with Gasteiger partial charge in [0.15, 0.2) is 0 Å². The van der Waals surface area contributed by atoms with Gasteiger partial charge in [-0.3, -0.25) is 4.79 Å². The first-order chi connectivity index (χ1) is 10.9. The number of primary amides is 1. The lowest BCUT2D eigenvalue weighted by molar-refractivity contribution is -0.122. The van der Waals surface area contributed by atoms with Crippen molar-refractivity contribution in [2.75, 3.05) is 33.4 Å². The van der Waals surface area contributed by atoms with Crippen LogP contribution in [0.2, 0.25) is 0 Å². The number of carbonyl (C=O) groups is 1. The molecule has 128 valence electrons. The van der Waals surface area contributed by atoms with E-state index in [9.17, 15) is 13.2 Å². The van der Waals surface area contributed by atoms with Crippen LogP contribution in [0.15, 0.2) is 29.2 Å². The lowest BCUT2D eigenvalue weighted by Crippen LogP contribution is -2.41. The van der Waals surface area contributed by atoms with Crippen molar-refractivity contribution in [1.82, 2.24) is 4.31 Å². The summed E-state index contributed by atoms with van der Waals surface area (Å²) >= 11 is 0. The average Bonchev–Trinajstić information content (AvgIpc) is 2.55. The maximum Gasteiger partial charge on any atom is 0.243 e. The van der Waals surface area contributed by atoms with Crippen LogP contribution in [-0.2, 0) is 19.6 Å². The Labute approximate surface area is 136 Å². The van der Waals surface area contributed by atoms with E-state index in [2.05, 4.69) is 0 Å². The van der Waals surface area contributed by atoms with Crippen molar-refractivity contribution in [3.8, 4) is 5.75 Å². The quantitative estimate of drug-likeness (QED) is 0.732. The standard InChI is InChI=1S/C15H22N2O5S/c1-21-10-11-22-13-2-4-14(5-3-13)23(19,20)17-8-6-12(7-9-17)15(16)18/h2-5,12H,6-11H2,1H3,(H2,16,18). The van der Waals surface area contributed by atoms with Gasteiger partial charge in [-0.2, -0.15) is 4.31 Å². The molecule has 2 N–H and O–H groups in total. The lowest BCUT2D eigenvalue weighted by atomic mass is 9.98. The molecule has 0 saturated carbocycles. The number of rotatable bonds is 7. The second kappa shape index (κ2) is 7.76. The van der Waals surface area contributed by atoms with Crippen LogP contribution in [0.5, 0.6) is 5.75 Å². The van der Waals surface area contributed by atoms with Gasteiger partial charge >= 0.3 is 0 Å². The van der Waals surface area contributed by atoms with E-state index in [-0.39, 0.29) is 16.7 Å². The van der Waals surface area contributed by atoms with Crippen molar-refractivity contribution in [2.45, 2.75) is 17.7 Å². The molecule has 0 bridgehead atoms. The largest absolute Gasteiger partial charge is 0.491 e. The Morgan fingerprint density at radius 1 is 1.22 bits per heavy atom. The van der Waals surface area contributed by atoms with Crippen molar-refractivity contribution in [3.63, 3.8) is 0 Å². The van der Waals surface area contributed by atoms with E-state index in [4.69, 9.17) is 15.2 Å². The third-order valence-corrected chi connectivity index (χ3v) is 5.79. The number of ether oxygens (including phenoxy) is 2. The summed E-state index contributed by atoms with van der Waals surface area (Å²) in [5.41, 5.74) is 5.27. The van der Waals surface area contributed by atoms with Crippen LogP contribution in [0.4, 0.5) is 0 Å². The molecule has 1 aliphatic rings. The molecule has 0 aliphatic carbocycles. The highest BCUT2D eigenvalue weighted by molar-refractivity contribution is 7.89. The van der Waals surface area contributed by atoms with Crippen LogP contribution >= 0.6 is 0 Å². The summed E-state index contributed by atoms with van der Waals surface area (Å²) < 4.78 is 36.9. The fraction of sp³-hybridized carbons (Fsp3) is 0.533. The Kier molecular flexibility index (Phi) is 5.97. The SMILES string of the molecule is COCCOc1ccc(S(=O)(=O)N2CCC(C(N)=O)CC2)cc1. The molecule has 0 unspecified atom stereocenters. The Hall–Kier alpha value is -1.64. The monoisotopic (exact) mass is 342 g/mol. The number of nitrogens with zero attached hydrogens (tertiary/aromatic N) is 1. The van der Waals surface area contributed by atoms with Crippen LogP contribution in [0, 0.1) is 5.92 Å².